The first kappa shape index (κ1) is 58.2. The molecule has 0 amide bonds. The predicted molar refractivity (Wildman–Crippen MR) is 250 cm³/mol. The third-order valence-electron chi connectivity index (χ3n) is 11.8. The third-order valence-corrected chi connectivity index (χ3v) is 11.8. The minimum Gasteiger partial charge on any atom is -0.465 e. The van der Waals surface area contributed by atoms with Crippen molar-refractivity contribution in [3.8, 4) is 0 Å². The molecule has 356 valence electrons. The number of carbonyl (C=O) groups is 3. The van der Waals surface area contributed by atoms with Crippen LogP contribution in [0.3, 0.4) is 0 Å². The summed E-state index contributed by atoms with van der Waals surface area (Å²) in [7, 11) is 0. The molecule has 0 bridgehead atoms. The highest BCUT2D eigenvalue weighted by molar-refractivity contribution is 5.75. The molecule has 0 aliphatic carbocycles. The standard InChI is InChI=1S/C50H99N3O7/c1-5-9-13-21-31-45(32-22-14-10-6-2)48(54)58-40-29-19-17-27-37-53(39-42-57-43-44-60-50(56)47(52)35-25-26-36-51)38-28-18-20-30-41-59-49(55)46(33-23-15-11-7-3)34-24-16-12-8-4/h45-47H,5-44,51-52H2,1-4H3. The molecule has 0 aliphatic heterocycles. The lowest BCUT2D eigenvalue weighted by Gasteiger charge is -2.22. The molecule has 0 aliphatic rings. The first-order valence-corrected chi connectivity index (χ1v) is 25.6. The van der Waals surface area contributed by atoms with Crippen LogP contribution >= 0.6 is 0 Å². The van der Waals surface area contributed by atoms with Crippen LogP contribution in [0.4, 0.5) is 0 Å². The molecule has 0 saturated carbocycles. The van der Waals surface area contributed by atoms with Gasteiger partial charge in [0.15, 0.2) is 0 Å². The lowest BCUT2D eigenvalue weighted by Crippen LogP contribution is -2.33. The number of esters is 3. The Morgan fingerprint density at radius 2 is 0.783 bits per heavy atom. The predicted octanol–water partition coefficient (Wildman–Crippen LogP) is 11.6. The minimum atomic E-state index is -0.610. The summed E-state index contributed by atoms with van der Waals surface area (Å²) >= 11 is 0. The van der Waals surface area contributed by atoms with E-state index >= 15 is 0 Å². The molecular formula is C50H99N3O7. The van der Waals surface area contributed by atoms with Crippen LogP contribution in [0.2, 0.25) is 0 Å². The van der Waals surface area contributed by atoms with Gasteiger partial charge in [-0.05, 0) is 83.8 Å². The molecule has 0 heterocycles. The van der Waals surface area contributed by atoms with Crippen LogP contribution in [0.1, 0.15) is 227 Å². The Hall–Kier alpha value is -1.75. The number of rotatable bonds is 47. The minimum absolute atomic E-state index is 0.0206. The van der Waals surface area contributed by atoms with Gasteiger partial charge in [-0.2, -0.15) is 0 Å². The van der Waals surface area contributed by atoms with Gasteiger partial charge in [-0.25, -0.2) is 0 Å². The van der Waals surface area contributed by atoms with Gasteiger partial charge >= 0.3 is 17.9 Å². The fourth-order valence-corrected chi connectivity index (χ4v) is 7.76. The van der Waals surface area contributed by atoms with Gasteiger partial charge in [0.2, 0.25) is 0 Å². The van der Waals surface area contributed by atoms with Gasteiger partial charge < -0.3 is 35.3 Å². The van der Waals surface area contributed by atoms with Crippen molar-refractivity contribution in [2.45, 2.75) is 233 Å². The van der Waals surface area contributed by atoms with E-state index in [1.54, 1.807) is 0 Å². The number of hydrogen-bond donors (Lipinski definition) is 2. The Balaban J connectivity index is 4.74. The fourth-order valence-electron chi connectivity index (χ4n) is 7.76. The van der Waals surface area contributed by atoms with Crippen LogP contribution in [0.5, 0.6) is 0 Å². The van der Waals surface area contributed by atoms with Gasteiger partial charge in [-0.1, -0.05) is 163 Å². The summed E-state index contributed by atoms with van der Waals surface area (Å²) in [5.41, 5.74) is 11.5. The Labute approximate surface area is 370 Å². The summed E-state index contributed by atoms with van der Waals surface area (Å²) in [5, 5.41) is 0. The van der Waals surface area contributed by atoms with Crippen molar-refractivity contribution >= 4 is 17.9 Å². The molecule has 0 aromatic heterocycles. The number of unbranched alkanes of at least 4 members (excludes halogenated alkanes) is 19. The van der Waals surface area contributed by atoms with Crippen LogP contribution in [-0.2, 0) is 33.3 Å². The molecule has 0 rings (SSSR count). The molecule has 0 fully saturated rings. The SMILES string of the molecule is CCCCCCC(CCCCCC)C(=O)OCCCCCCN(CCCCCCOC(=O)C(CCCCCC)CCCCCC)CCOCCOC(=O)C(N)CCCCN. The van der Waals surface area contributed by atoms with Gasteiger partial charge in [0.05, 0.1) is 38.3 Å². The van der Waals surface area contributed by atoms with Crippen molar-refractivity contribution in [2.75, 3.05) is 59.2 Å². The number of nitrogens with zero attached hydrogens (tertiary/aromatic N) is 1. The summed E-state index contributed by atoms with van der Waals surface area (Å²) in [6.07, 6.45) is 33.5. The maximum absolute atomic E-state index is 13.0. The Morgan fingerprint density at radius 3 is 1.20 bits per heavy atom. The van der Waals surface area contributed by atoms with Gasteiger partial charge in [-0.3, -0.25) is 14.4 Å². The maximum atomic E-state index is 13.0. The second-order valence-corrected chi connectivity index (χ2v) is 17.5. The van der Waals surface area contributed by atoms with Crippen LogP contribution in [0.15, 0.2) is 0 Å². The van der Waals surface area contributed by atoms with Crippen molar-refractivity contribution in [1.29, 1.82) is 0 Å². The molecule has 0 aromatic carbocycles. The zero-order valence-electron chi connectivity index (χ0n) is 40.0. The average Bonchev–Trinajstić information content (AvgIpc) is 3.25. The zero-order chi connectivity index (χ0) is 44.2. The second kappa shape index (κ2) is 45.3. The van der Waals surface area contributed by atoms with E-state index in [-0.39, 0.29) is 36.4 Å². The number of nitrogens with two attached hydrogens (primary N) is 2. The second-order valence-electron chi connectivity index (χ2n) is 17.5. The van der Waals surface area contributed by atoms with Crippen LogP contribution < -0.4 is 11.5 Å². The van der Waals surface area contributed by atoms with Crippen molar-refractivity contribution < 1.29 is 33.3 Å². The van der Waals surface area contributed by atoms with Gasteiger partial charge in [0.25, 0.3) is 0 Å². The molecule has 10 nitrogen and oxygen atoms in total. The van der Waals surface area contributed by atoms with E-state index in [1.807, 2.05) is 0 Å². The van der Waals surface area contributed by atoms with Crippen molar-refractivity contribution in [3.63, 3.8) is 0 Å². The molecule has 0 radical (unpaired) electrons. The summed E-state index contributed by atoms with van der Waals surface area (Å²) in [6.45, 7) is 14.5. The molecule has 1 atom stereocenters. The molecule has 0 spiro atoms. The Bertz CT molecular complexity index is 877. The van der Waals surface area contributed by atoms with Crippen molar-refractivity contribution in [3.05, 3.63) is 0 Å². The maximum Gasteiger partial charge on any atom is 0.322 e. The van der Waals surface area contributed by atoms with E-state index in [4.69, 9.17) is 30.4 Å². The fraction of sp³-hybridized carbons (Fsp3) is 0.940. The van der Waals surface area contributed by atoms with Gasteiger partial charge in [-0.15, -0.1) is 0 Å². The number of hydrogen-bond acceptors (Lipinski definition) is 10. The molecular weight excluding hydrogens is 755 g/mol. The summed E-state index contributed by atoms with van der Waals surface area (Å²) < 4.78 is 22.8. The van der Waals surface area contributed by atoms with Crippen LogP contribution in [0.25, 0.3) is 0 Å². The lowest BCUT2D eigenvalue weighted by molar-refractivity contribution is -0.150. The monoisotopic (exact) mass is 854 g/mol. The number of carbonyl (C=O) groups excluding carboxylic acids is 3. The normalized spacial score (nSPS) is 12.2. The average molecular weight is 854 g/mol. The van der Waals surface area contributed by atoms with Crippen molar-refractivity contribution in [1.82, 2.24) is 4.90 Å². The molecule has 1 unspecified atom stereocenters. The summed E-state index contributed by atoms with van der Waals surface area (Å²) in [4.78, 5) is 40.6. The highest BCUT2D eigenvalue weighted by Gasteiger charge is 2.21. The zero-order valence-corrected chi connectivity index (χ0v) is 40.0. The van der Waals surface area contributed by atoms with E-state index in [2.05, 4.69) is 32.6 Å². The molecule has 0 saturated heterocycles. The van der Waals surface area contributed by atoms with Crippen LogP contribution in [0, 0.1) is 11.8 Å². The van der Waals surface area contributed by atoms with Crippen LogP contribution in [-0.4, -0.2) is 88.1 Å². The molecule has 0 aromatic rings. The molecule has 4 N–H and O–H groups in total. The largest absolute Gasteiger partial charge is 0.465 e. The Morgan fingerprint density at radius 1 is 0.400 bits per heavy atom. The number of ether oxygens (including phenoxy) is 4. The van der Waals surface area contributed by atoms with Gasteiger partial charge in [0, 0.05) is 6.54 Å². The van der Waals surface area contributed by atoms with Crippen molar-refractivity contribution in [2.24, 2.45) is 23.3 Å². The highest BCUT2D eigenvalue weighted by Crippen LogP contribution is 2.22. The van der Waals surface area contributed by atoms with E-state index in [0.717, 1.165) is 135 Å². The Kier molecular flexibility index (Phi) is 44.0. The highest BCUT2D eigenvalue weighted by atomic mass is 16.6. The van der Waals surface area contributed by atoms with E-state index < -0.39 is 6.04 Å². The quantitative estimate of drug-likeness (QED) is 0.0345. The smallest absolute Gasteiger partial charge is 0.322 e. The first-order chi connectivity index (χ1) is 29.3. The third kappa shape index (κ3) is 36.9. The molecule has 60 heavy (non-hydrogen) atoms. The summed E-state index contributed by atoms with van der Waals surface area (Å²) in [5.74, 6) is -0.220. The topological polar surface area (TPSA) is 143 Å². The van der Waals surface area contributed by atoms with E-state index in [1.165, 1.54) is 77.0 Å². The lowest BCUT2D eigenvalue weighted by atomic mass is 9.94. The summed E-state index contributed by atoms with van der Waals surface area (Å²) in [6, 6.07) is -0.610. The van der Waals surface area contributed by atoms with Gasteiger partial charge in [0.1, 0.15) is 12.6 Å². The molecule has 10 heteroatoms. The van der Waals surface area contributed by atoms with E-state index in [0.29, 0.717) is 39.4 Å². The first-order valence-electron chi connectivity index (χ1n) is 25.6. The van der Waals surface area contributed by atoms with E-state index in [9.17, 15) is 14.4 Å².